The molecule has 19 heavy (non-hydrogen) atoms. The van der Waals surface area contributed by atoms with Crippen molar-refractivity contribution in [2.75, 3.05) is 6.54 Å². The summed E-state index contributed by atoms with van der Waals surface area (Å²) in [6, 6.07) is 5.42. The zero-order valence-corrected chi connectivity index (χ0v) is 12.6. The van der Waals surface area contributed by atoms with Gasteiger partial charge in [-0.05, 0) is 31.9 Å². The maximum Gasteiger partial charge on any atom is 0.246 e. The summed E-state index contributed by atoms with van der Waals surface area (Å²) in [6.45, 7) is 6.22. The molecule has 3 nitrogen and oxygen atoms in total. The smallest absolute Gasteiger partial charge is 0.207 e. The minimum Gasteiger partial charge on any atom is -0.207 e. The van der Waals surface area contributed by atoms with Crippen molar-refractivity contribution >= 4 is 10.0 Å². The number of hydrogen-bond donors (Lipinski definition) is 0. The van der Waals surface area contributed by atoms with Crippen LogP contribution in [0.4, 0.5) is 4.39 Å². The van der Waals surface area contributed by atoms with Crippen LogP contribution in [-0.2, 0) is 10.0 Å². The van der Waals surface area contributed by atoms with Crippen molar-refractivity contribution in [1.82, 2.24) is 4.31 Å². The van der Waals surface area contributed by atoms with Crippen LogP contribution in [0.1, 0.15) is 40.0 Å². The molecule has 0 aliphatic rings. The number of hydrogen-bond acceptors (Lipinski definition) is 2. The lowest BCUT2D eigenvalue weighted by molar-refractivity contribution is 0.322. The first-order valence-electron chi connectivity index (χ1n) is 6.71. The Kier molecular flexibility index (Phi) is 5.94. The Morgan fingerprint density at radius 2 is 1.89 bits per heavy atom. The Morgan fingerprint density at radius 3 is 2.42 bits per heavy atom. The van der Waals surface area contributed by atoms with Crippen LogP contribution in [0, 0.1) is 5.82 Å². The molecule has 0 saturated carbocycles. The van der Waals surface area contributed by atoms with Crippen molar-refractivity contribution in [2.24, 2.45) is 0 Å². The van der Waals surface area contributed by atoms with Crippen LogP contribution in [0.2, 0.25) is 0 Å². The van der Waals surface area contributed by atoms with Gasteiger partial charge in [-0.3, -0.25) is 0 Å². The molecule has 0 spiro atoms. The van der Waals surface area contributed by atoms with Gasteiger partial charge in [0.15, 0.2) is 0 Å². The third-order valence-corrected chi connectivity index (χ3v) is 5.28. The molecule has 0 N–H and O–H groups in total. The first kappa shape index (κ1) is 16.1. The van der Waals surface area contributed by atoms with E-state index in [0.717, 1.165) is 12.8 Å². The molecular formula is C14H22FNO2S. The zero-order valence-electron chi connectivity index (χ0n) is 11.8. The lowest BCUT2D eigenvalue weighted by Gasteiger charge is -2.27. The van der Waals surface area contributed by atoms with E-state index in [-0.39, 0.29) is 10.9 Å². The van der Waals surface area contributed by atoms with E-state index in [0.29, 0.717) is 13.0 Å². The molecule has 108 valence electrons. The van der Waals surface area contributed by atoms with E-state index in [9.17, 15) is 12.8 Å². The average Bonchev–Trinajstić information content (AvgIpc) is 2.38. The maximum atomic E-state index is 13.7. The van der Waals surface area contributed by atoms with Gasteiger partial charge >= 0.3 is 0 Å². The van der Waals surface area contributed by atoms with Gasteiger partial charge in [-0.15, -0.1) is 0 Å². The average molecular weight is 287 g/mol. The van der Waals surface area contributed by atoms with Crippen LogP contribution in [0.3, 0.4) is 0 Å². The van der Waals surface area contributed by atoms with Crippen molar-refractivity contribution in [2.45, 2.75) is 51.0 Å². The highest BCUT2D eigenvalue weighted by molar-refractivity contribution is 7.89. The van der Waals surface area contributed by atoms with Crippen molar-refractivity contribution in [3.05, 3.63) is 30.1 Å². The fourth-order valence-corrected chi connectivity index (χ4v) is 3.69. The standard InChI is InChI=1S/C14H22FNO2S/c1-4-6-11-16(12(3)5-2)19(17,18)14-10-8-7-9-13(14)15/h7-10,12H,4-6,11H2,1-3H3. The molecule has 0 aromatic heterocycles. The molecule has 0 heterocycles. The molecule has 0 bridgehead atoms. The Hall–Kier alpha value is -0.940. The van der Waals surface area contributed by atoms with E-state index in [1.165, 1.54) is 22.5 Å². The van der Waals surface area contributed by atoms with Gasteiger partial charge in [-0.25, -0.2) is 12.8 Å². The van der Waals surface area contributed by atoms with E-state index in [4.69, 9.17) is 0 Å². The van der Waals surface area contributed by atoms with Gasteiger partial charge in [0.25, 0.3) is 0 Å². The maximum absolute atomic E-state index is 13.7. The van der Waals surface area contributed by atoms with Crippen molar-refractivity contribution in [3.8, 4) is 0 Å². The van der Waals surface area contributed by atoms with Gasteiger partial charge < -0.3 is 0 Å². The van der Waals surface area contributed by atoms with Crippen molar-refractivity contribution in [3.63, 3.8) is 0 Å². The molecule has 1 rings (SSSR count). The largest absolute Gasteiger partial charge is 0.246 e. The molecule has 0 aliphatic carbocycles. The number of halogens is 1. The van der Waals surface area contributed by atoms with Crippen molar-refractivity contribution in [1.29, 1.82) is 0 Å². The summed E-state index contributed by atoms with van der Waals surface area (Å²) in [7, 11) is -3.76. The second kappa shape index (κ2) is 7.01. The Labute approximate surface area is 115 Å². The van der Waals surface area contributed by atoms with Gasteiger partial charge in [0.1, 0.15) is 10.7 Å². The van der Waals surface area contributed by atoms with E-state index in [2.05, 4.69) is 0 Å². The second-order valence-corrected chi connectivity index (χ2v) is 6.52. The summed E-state index contributed by atoms with van der Waals surface area (Å²) >= 11 is 0. The van der Waals surface area contributed by atoms with Crippen LogP contribution in [-0.4, -0.2) is 25.3 Å². The molecule has 1 atom stereocenters. The highest BCUT2D eigenvalue weighted by Gasteiger charge is 2.29. The fourth-order valence-electron chi connectivity index (χ4n) is 1.88. The highest BCUT2D eigenvalue weighted by Crippen LogP contribution is 2.22. The van der Waals surface area contributed by atoms with Gasteiger partial charge in [0.2, 0.25) is 10.0 Å². The molecule has 1 aromatic carbocycles. The number of nitrogens with zero attached hydrogens (tertiary/aromatic N) is 1. The summed E-state index contributed by atoms with van der Waals surface area (Å²) in [5, 5.41) is 0. The summed E-state index contributed by atoms with van der Waals surface area (Å²) < 4.78 is 40.2. The third kappa shape index (κ3) is 3.76. The first-order valence-corrected chi connectivity index (χ1v) is 8.15. The van der Waals surface area contributed by atoms with Crippen LogP contribution in [0.15, 0.2) is 29.2 Å². The number of unbranched alkanes of at least 4 members (excludes halogenated alkanes) is 1. The number of benzene rings is 1. The molecule has 5 heteroatoms. The van der Waals surface area contributed by atoms with Crippen molar-refractivity contribution < 1.29 is 12.8 Å². The molecular weight excluding hydrogens is 265 g/mol. The number of rotatable bonds is 7. The molecule has 1 aromatic rings. The van der Waals surface area contributed by atoms with E-state index >= 15 is 0 Å². The molecule has 0 aliphatic heterocycles. The van der Waals surface area contributed by atoms with Gasteiger partial charge in [0, 0.05) is 12.6 Å². The Morgan fingerprint density at radius 1 is 1.26 bits per heavy atom. The van der Waals surface area contributed by atoms with Crippen LogP contribution >= 0.6 is 0 Å². The summed E-state index contributed by atoms with van der Waals surface area (Å²) in [6.07, 6.45) is 2.38. The minimum atomic E-state index is -3.76. The molecule has 1 unspecified atom stereocenters. The van der Waals surface area contributed by atoms with Crippen LogP contribution in [0.5, 0.6) is 0 Å². The highest BCUT2D eigenvalue weighted by atomic mass is 32.2. The predicted molar refractivity (Wildman–Crippen MR) is 75.0 cm³/mol. The predicted octanol–water partition coefficient (Wildman–Crippen LogP) is 3.42. The van der Waals surface area contributed by atoms with Crippen LogP contribution in [0.25, 0.3) is 0 Å². The van der Waals surface area contributed by atoms with Crippen LogP contribution < -0.4 is 0 Å². The first-order chi connectivity index (χ1) is 8.95. The zero-order chi connectivity index (χ0) is 14.5. The molecule has 0 amide bonds. The SMILES string of the molecule is CCCCN(C(C)CC)S(=O)(=O)c1ccccc1F. The van der Waals surface area contributed by atoms with E-state index in [1.54, 1.807) is 6.07 Å². The monoisotopic (exact) mass is 287 g/mol. The molecule has 0 fully saturated rings. The van der Waals surface area contributed by atoms with Gasteiger partial charge in [-0.2, -0.15) is 4.31 Å². The molecule has 0 radical (unpaired) electrons. The lowest BCUT2D eigenvalue weighted by Crippen LogP contribution is -2.39. The fraction of sp³-hybridized carbons (Fsp3) is 0.571. The van der Waals surface area contributed by atoms with E-state index in [1.807, 2.05) is 20.8 Å². The van der Waals surface area contributed by atoms with Gasteiger partial charge in [0.05, 0.1) is 0 Å². The summed E-state index contributed by atoms with van der Waals surface area (Å²) in [5.74, 6) is -0.688. The third-order valence-electron chi connectivity index (χ3n) is 3.24. The minimum absolute atomic E-state index is 0.129. The molecule has 0 saturated heterocycles. The number of sulfonamides is 1. The van der Waals surface area contributed by atoms with Gasteiger partial charge in [-0.1, -0.05) is 32.4 Å². The normalized spacial score (nSPS) is 13.7. The topological polar surface area (TPSA) is 37.4 Å². The van der Waals surface area contributed by atoms with E-state index < -0.39 is 15.8 Å². The summed E-state index contributed by atoms with van der Waals surface area (Å²) in [5.41, 5.74) is 0. The Balaban J connectivity index is 3.16. The summed E-state index contributed by atoms with van der Waals surface area (Å²) in [4.78, 5) is -0.230. The lowest BCUT2D eigenvalue weighted by atomic mass is 10.2. The Bertz CT molecular complexity index is 502. The quantitative estimate of drug-likeness (QED) is 0.770. The second-order valence-electron chi connectivity index (χ2n) is 4.66.